The third kappa shape index (κ3) is 61.6. The van der Waals surface area contributed by atoms with Crippen LogP contribution in [-0.2, 0) is 65.4 Å². The number of aliphatic hydroxyl groups excluding tert-OH is 1. The van der Waals surface area contributed by atoms with Gasteiger partial charge in [-0.3, -0.25) is 37.3 Å². The van der Waals surface area contributed by atoms with Crippen LogP contribution >= 0.6 is 15.6 Å². The molecule has 0 aliphatic heterocycles. The summed E-state index contributed by atoms with van der Waals surface area (Å²) in [5.74, 6) is 0.825. The van der Waals surface area contributed by atoms with Gasteiger partial charge in [-0.05, 0) is 49.4 Å². The van der Waals surface area contributed by atoms with Gasteiger partial charge in [0.2, 0.25) is 0 Å². The molecule has 0 amide bonds. The van der Waals surface area contributed by atoms with Crippen LogP contribution in [0.4, 0.5) is 0 Å². The number of carbonyl (C=O) groups is 4. The molecule has 0 aliphatic carbocycles. The number of phosphoric ester groups is 2. The van der Waals surface area contributed by atoms with Crippen LogP contribution in [0.2, 0.25) is 0 Å². The van der Waals surface area contributed by atoms with Gasteiger partial charge in [-0.2, -0.15) is 0 Å². The number of rotatable bonds is 66. The van der Waals surface area contributed by atoms with Gasteiger partial charge in [0.25, 0.3) is 0 Å². The smallest absolute Gasteiger partial charge is 0.462 e. The van der Waals surface area contributed by atoms with Crippen LogP contribution in [0.5, 0.6) is 0 Å². The molecule has 0 aromatic heterocycles. The van der Waals surface area contributed by atoms with Crippen LogP contribution in [0.3, 0.4) is 0 Å². The molecule has 0 rings (SSSR count). The summed E-state index contributed by atoms with van der Waals surface area (Å²) in [6.45, 7) is 14.0. The van der Waals surface area contributed by atoms with Crippen LogP contribution < -0.4 is 0 Å². The molecule has 0 radical (unpaired) electrons. The Bertz CT molecular complexity index is 1750. The van der Waals surface area contributed by atoms with E-state index in [0.717, 1.165) is 114 Å². The molecule has 0 saturated heterocycles. The Hall–Kier alpha value is -1.94. The molecule has 3 N–H and O–H groups in total. The number of aliphatic hydroxyl groups is 1. The normalized spacial score (nSPS) is 14.6. The molecule has 0 aliphatic rings. The van der Waals surface area contributed by atoms with Crippen molar-refractivity contribution in [2.75, 3.05) is 39.6 Å². The summed E-state index contributed by atoms with van der Waals surface area (Å²) < 4.78 is 68.2. The summed E-state index contributed by atoms with van der Waals surface area (Å²) in [4.78, 5) is 72.5. The molecule has 0 aromatic carbocycles. The Morgan fingerprint density at radius 1 is 0.318 bits per heavy atom. The quantitative estimate of drug-likeness (QED) is 0.0222. The Balaban J connectivity index is 5.25. The maximum atomic E-state index is 13.0. The molecule has 88 heavy (non-hydrogen) atoms. The van der Waals surface area contributed by atoms with Gasteiger partial charge in [0.15, 0.2) is 12.2 Å². The number of unbranched alkanes of at least 4 members (excludes halogenated alkanes) is 31. The van der Waals surface area contributed by atoms with E-state index in [9.17, 15) is 43.2 Å². The fraction of sp³-hybridized carbons (Fsp3) is 0.942. The number of hydrogen-bond acceptors (Lipinski definition) is 15. The van der Waals surface area contributed by atoms with E-state index < -0.39 is 97.5 Å². The molecule has 19 heteroatoms. The first-order chi connectivity index (χ1) is 42.1. The second-order valence-electron chi connectivity index (χ2n) is 26.6. The number of ether oxygens (including phenoxy) is 4. The maximum Gasteiger partial charge on any atom is 0.472 e. The molecular weight excluding hydrogens is 1160 g/mol. The van der Waals surface area contributed by atoms with Crippen molar-refractivity contribution in [3.8, 4) is 0 Å². The summed E-state index contributed by atoms with van der Waals surface area (Å²) >= 11 is 0. The van der Waals surface area contributed by atoms with Gasteiger partial charge < -0.3 is 33.8 Å². The lowest BCUT2D eigenvalue weighted by atomic mass is 10.00. The highest BCUT2D eigenvalue weighted by molar-refractivity contribution is 7.47. The first kappa shape index (κ1) is 86.1. The third-order valence-electron chi connectivity index (χ3n) is 16.2. The SMILES string of the molecule is CCC(C)CCCCCCCCC(=O)O[C@H](COC(=O)CCCCCCCCCCC(C)C)COP(=O)(O)OCC(O)COP(=O)(O)OC[C@@H](COC(=O)CCCCCCCCCCC(C)C)OC(=O)CCCCCCCCCCCCCCCC(C)C. The topological polar surface area (TPSA) is 237 Å². The van der Waals surface area contributed by atoms with E-state index in [4.69, 9.17) is 37.0 Å². The molecule has 0 fully saturated rings. The van der Waals surface area contributed by atoms with E-state index in [0.29, 0.717) is 25.7 Å². The summed E-state index contributed by atoms with van der Waals surface area (Å²) in [7, 11) is -9.90. The lowest BCUT2D eigenvalue weighted by molar-refractivity contribution is -0.161. The predicted octanol–water partition coefficient (Wildman–Crippen LogP) is 19.3. The van der Waals surface area contributed by atoms with Crippen LogP contribution in [-0.4, -0.2) is 96.7 Å². The van der Waals surface area contributed by atoms with Gasteiger partial charge in [-0.25, -0.2) is 9.13 Å². The Morgan fingerprint density at radius 2 is 0.545 bits per heavy atom. The van der Waals surface area contributed by atoms with Crippen molar-refractivity contribution in [2.45, 2.75) is 356 Å². The highest BCUT2D eigenvalue weighted by Gasteiger charge is 2.30. The standard InChI is InChI=1S/C69H134O17P2/c1-9-62(8)48-40-32-27-28-36-44-52-69(74)86-65(56-80-67(72)50-42-34-25-20-18-23-31-39-47-61(6)7)58-84-88(77,78)82-54-63(70)53-81-87(75,76)83-57-64(55-79-66(71)49-41-33-24-19-17-22-30-38-46-60(4)5)85-68(73)51-43-35-26-16-14-12-10-11-13-15-21-29-37-45-59(2)3/h59-65,70H,9-58H2,1-8H3,(H,75,76)(H,77,78)/t62?,63?,64-,65-/m1/s1. The summed E-state index contributed by atoms with van der Waals surface area (Å²) in [5, 5.41) is 10.6. The first-order valence-electron chi connectivity index (χ1n) is 35.7. The van der Waals surface area contributed by atoms with Gasteiger partial charge in [0, 0.05) is 25.7 Å². The average molecular weight is 1300 g/mol. The number of phosphoric acid groups is 2. The fourth-order valence-electron chi connectivity index (χ4n) is 10.3. The molecular formula is C69H134O17P2. The first-order valence-corrected chi connectivity index (χ1v) is 38.7. The predicted molar refractivity (Wildman–Crippen MR) is 354 cm³/mol. The van der Waals surface area contributed by atoms with Crippen molar-refractivity contribution < 1.29 is 80.2 Å². The van der Waals surface area contributed by atoms with Crippen molar-refractivity contribution in [1.29, 1.82) is 0 Å². The van der Waals surface area contributed by atoms with E-state index in [-0.39, 0.29) is 25.7 Å². The van der Waals surface area contributed by atoms with E-state index in [1.165, 1.54) is 141 Å². The summed E-state index contributed by atoms with van der Waals surface area (Å²) in [6, 6.07) is 0. The average Bonchev–Trinajstić information content (AvgIpc) is 3.70. The molecule has 0 aromatic rings. The van der Waals surface area contributed by atoms with Crippen LogP contribution in [0.1, 0.15) is 338 Å². The zero-order chi connectivity index (χ0) is 65.4. The molecule has 0 spiro atoms. The van der Waals surface area contributed by atoms with Gasteiger partial charge in [-0.1, -0.05) is 287 Å². The number of carbonyl (C=O) groups excluding carboxylic acids is 4. The van der Waals surface area contributed by atoms with E-state index in [1.54, 1.807) is 0 Å². The second kappa shape index (κ2) is 58.8. The second-order valence-corrected chi connectivity index (χ2v) is 29.5. The summed E-state index contributed by atoms with van der Waals surface area (Å²) in [6.07, 6.45) is 40.4. The molecule has 6 atom stereocenters. The van der Waals surface area contributed by atoms with Crippen molar-refractivity contribution in [2.24, 2.45) is 23.7 Å². The van der Waals surface area contributed by atoms with Crippen LogP contribution in [0.15, 0.2) is 0 Å². The molecule has 0 saturated carbocycles. The fourth-order valence-corrected chi connectivity index (χ4v) is 11.9. The molecule has 0 bridgehead atoms. The van der Waals surface area contributed by atoms with E-state index >= 15 is 0 Å². The monoisotopic (exact) mass is 1300 g/mol. The van der Waals surface area contributed by atoms with Crippen molar-refractivity contribution in [3.63, 3.8) is 0 Å². The van der Waals surface area contributed by atoms with E-state index in [2.05, 4.69) is 55.4 Å². The minimum atomic E-state index is -4.95. The lowest BCUT2D eigenvalue weighted by Gasteiger charge is -2.21. The lowest BCUT2D eigenvalue weighted by Crippen LogP contribution is -2.30. The third-order valence-corrected chi connectivity index (χ3v) is 18.1. The zero-order valence-electron chi connectivity index (χ0n) is 57.3. The molecule has 522 valence electrons. The van der Waals surface area contributed by atoms with E-state index in [1.807, 2.05) is 0 Å². The van der Waals surface area contributed by atoms with Crippen LogP contribution in [0.25, 0.3) is 0 Å². The van der Waals surface area contributed by atoms with Gasteiger partial charge in [0.1, 0.15) is 19.3 Å². The molecule has 4 unspecified atom stereocenters. The van der Waals surface area contributed by atoms with Crippen molar-refractivity contribution in [3.05, 3.63) is 0 Å². The zero-order valence-corrected chi connectivity index (χ0v) is 59.1. The Kier molecular flexibility index (Phi) is 57.6. The summed E-state index contributed by atoms with van der Waals surface area (Å²) in [5.41, 5.74) is 0. The van der Waals surface area contributed by atoms with Crippen molar-refractivity contribution in [1.82, 2.24) is 0 Å². The Labute approximate surface area is 537 Å². The van der Waals surface area contributed by atoms with Gasteiger partial charge in [-0.15, -0.1) is 0 Å². The van der Waals surface area contributed by atoms with Crippen molar-refractivity contribution >= 4 is 39.5 Å². The highest BCUT2D eigenvalue weighted by atomic mass is 31.2. The van der Waals surface area contributed by atoms with Gasteiger partial charge in [0.05, 0.1) is 26.4 Å². The number of hydrogen-bond donors (Lipinski definition) is 3. The minimum absolute atomic E-state index is 0.102. The molecule has 0 heterocycles. The maximum absolute atomic E-state index is 13.0. The van der Waals surface area contributed by atoms with Gasteiger partial charge >= 0.3 is 39.5 Å². The van der Waals surface area contributed by atoms with Crippen LogP contribution in [0, 0.1) is 23.7 Å². The Morgan fingerprint density at radius 3 is 0.807 bits per heavy atom. The largest absolute Gasteiger partial charge is 0.472 e. The highest BCUT2D eigenvalue weighted by Crippen LogP contribution is 2.45. The minimum Gasteiger partial charge on any atom is -0.462 e. The molecule has 17 nitrogen and oxygen atoms in total. The number of esters is 4.